The molecule has 2 rings (SSSR count). The molecule has 0 saturated carbocycles. The number of methoxy groups -OCH3 is 1. The topological polar surface area (TPSA) is 21.3 Å². The maximum Gasteiger partial charge on any atom is 0.142 e. The molecular weight excluding hydrogens is 174 g/mol. The standard InChI is InChI=1S/C9H10ClNO/c1-12-9-7-5-11-4-6(7)2-3-8(9)10/h2-3,11H,4-5H2,1H3. The summed E-state index contributed by atoms with van der Waals surface area (Å²) in [7, 11) is 1.65. The fourth-order valence-electron chi connectivity index (χ4n) is 1.54. The summed E-state index contributed by atoms with van der Waals surface area (Å²) >= 11 is 5.96. The van der Waals surface area contributed by atoms with Crippen LogP contribution in [0.4, 0.5) is 0 Å². The molecule has 0 bridgehead atoms. The highest BCUT2D eigenvalue weighted by atomic mass is 35.5. The van der Waals surface area contributed by atoms with Crippen LogP contribution in [0.5, 0.6) is 5.75 Å². The quantitative estimate of drug-likeness (QED) is 0.719. The molecule has 0 amide bonds. The molecule has 0 atom stereocenters. The predicted molar refractivity (Wildman–Crippen MR) is 48.5 cm³/mol. The lowest BCUT2D eigenvalue weighted by Gasteiger charge is -2.07. The SMILES string of the molecule is COc1c(Cl)ccc2c1CNC2. The van der Waals surface area contributed by atoms with E-state index in [1.54, 1.807) is 7.11 Å². The third kappa shape index (κ3) is 1.08. The van der Waals surface area contributed by atoms with E-state index in [-0.39, 0.29) is 0 Å². The maximum absolute atomic E-state index is 5.96. The molecule has 0 spiro atoms. The van der Waals surface area contributed by atoms with E-state index in [1.807, 2.05) is 12.1 Å². The van der Waals surface area contributed by atoms with Crippen molar-refractivity contribution in [3.8, 4) is 5.75 Å². The minimum Gasteiger partial charge on any atom is -0.495 e. The van der Waals surface area contributed by atoms with Crippen LogP contribution >= 0.6 is 11.6 Å². The van der Waals surface area contributed by atoms with Crippen LogP contribution in [0.2, 0.25) is 5.02 Å². The summed E-state index contributed by atoms with van der Waals surface area (Å²) < 4.78 is 5.22. The fourth-order valence-corrected chi connectivity index (χ4v) is 1.80. The van der Waals surface area contributed by atoms with Gasteiger partial charge in [-0.15, -0.1) is 0 Å². The smallest absolute Gasteiger partial charge is 0.142 e. The molecule has 2 nitrogen and oxygen atoms in total. The van der Waals surface area contributed by atoms with Crippen LogP contribution in [0.25, 0.3) is 0 Å². The Morgan fingerprint density at radius 3 is 3.00 bits per heavy atom. The Labute approximate surface area is 76.5 Å². The lowest BCUT2D eigenvalue weighted by atomic mass is 10.1. The summed E-state index contributed by atoms with van der Waals surface area (Å²) in [5.41, 5.74) is 2.49. The van der Waals surface area contributed by atoms with Crippen LogP contribution in [0.3, 0.4) is 0 Å². The lowest BCUT2D eigenvalue weighted by Crippen LogP contribution is -2.00. The van der Waals surface area contributed by atoms with Gasteiger partial charge in [-0.3, -0.25) is 0 Å². The molecule has 12 heavy (non-hydrogen) atoms. The number of fused-ring (bicyclic) bond motifs is 1. The number of hydrogen-bond acceptors (Lipinski definition) is 2. The van der Waals surface area contributed by atoms with Gasteiger partial charge < -0.3 is 10.1 Å². The molecule has 0 aliphatic carbocycles. The van der Waals surface area contributed by atoms with Crippen molar-refractivity contribution in [1.29, 1.82) is 0 Å². The molecule has 1 aliphatic rings. The average Bonchev–Trinajstić information content (AvgIpc) is 2.52. The molecule has 0 fully saturated rings. The number of nitrogens with one attached hydrogen (secondary N) is 1. The Kier molecular flexibility index (Phi) is 1.95. The van der Waals surface area contributed by atoms with Crippen LogP contribution in [-0.2, 0) is 13.1 Å². The third-order valence-corrected chi connectivity index (χ3v) is 2.43. The first-order valence-corrected chi connectivity index (χ1v) is 4.25. The average molecular weight is 184 g/mol. The normalized spacial score (nSPS) is 14.5. The highest BCUT2D eigenvalue weighted by Gasteiger charge is 2.16. The number of hydrogen-bond donors (Lipinski definition) is 1. The van der Waals surface area contributed by atoms with Crippen LogP contribution < -0.4 is 10.1 Å². The van der Waals surface area contributed by atoms with Crippen molar-refractivity contribution in [2.75, 3.05) is 7.11 Å². The molecule has 1 aliphatic heterocycles. The van der Waals surface area contributed by atoms with E-state index in [1.165, 1.54) is 11.1 Å². The molecule has 1 N–H and O–H groups in total. The zero-order chi connectivity index (χ0) is 8.55. The zero-order valence-corrected chi connectivity index (χ0v) is 7.61. The minimum absolute atomic E-state index is 0.694. The van der Waals surface area contributed by atoms with Gasteiger partial charge in [0.1, 0.15) is 5.75 Å². The molecule has 3 heteroatoms. The predicted octanol–water partition coefficient (Wildman–Crippen LogP) is 1.95. The summed E-state index contributed by atoms with van der Waals surface area (Å²) in [5, 5.41) is 3.95. The molecule has 1 heterocycles. The maximum atomic E-state index is 5.96. The van der Waals surface area contributed by atoms with Gasteiger partial charge in [0.05, 0.1) is 12.1 Å². The first-order chi connectivity index (χ1) is 5.83. The summed E-state index contributed by atoms with van der Waals surface area (Å²) in [6, 6.07) is 3.92. The van der Waals surface area contributed by atoms with E-state index in [0.717, 1.165) is 18.8 Å². The number of rotatable bonds is 1. The highest BCUT2D eigenvalue weighted by Crippen LogP contribution is 2.33. The first-order valence-electron chi connectivity index (χ1n) is 3.88. The van der Waals surface area contributed by atoms with Crippen molar-refractivity contribution >= 4 is 11.6 Å². The largest absolute Gasteiger partial charge is 0.495 e. The first kappa shape index (κ1) is 7.90. The Balaban J connectivity index is 2.57. The Morgan fingerprint density at radius 2 is 2.25 bits per heavy atom. The van der Waals surface area contributed by atoms with Gasteiger partial charge in [0, 0.05) is 18.7 Å². The zero-order valence-electron chi connectivity index (χ0n) is 6.86. The molecule has 1 aromatic carbocycles. The van der Waals surface area contributed by atoms with E-state index in [9.17, 15) is 0 Å². The second kappa shape index (κ2) is 2.96. The number of ether oxygens (including phenoxy) is 1. The van der Waals surface area contributed by atoms with Crippen molar-refractivity contribution in [2.45, 2.75) is 13.1 Å². The van der Waals surface area contributed by atoms with Gasteiger partial charge in [0.15, 0.2) is 0 Å². The second-order valence-electron chi connectivity index (χ2n) is 2.82. The van der Waals surface area contributed by atoms with Gasteiger partial charge in [-0.2, -0.15) is 0 Å². The highest BCUT2D eigenvalue weighted by molar-refractivity contribution is 6.32. The van der Waals surface area contributed by atoms with Gasteiger partial charge in [-0.1, -0.05) is 17.7 Å². The monoisotopic (exact) mass is 183 g/mol. The van der Waals surface area contributed by atoms with E-state index >= 15 is 0 Å². The van der Waals surface area contributed by atoms with Gasteiger partial charge in [-0.25, -0.2) is 0 Å². The van der Waals surface area contributed by atoms with Crippen molar-refractivity contribution in [3.63, 3.8) is 0 Å². The van der Waals surface area contributed by atoms with Gasteiger partial charge in [0.2, 0.25) is 0 Å². The third-order valence-electron chi connectivity index (χ3n) is 2.13. The van der Waals surface area contributed by atoms with Crippen molar-refractivity contribution in [1.82, 2.24) is 5.32 Å². The Bertz CT molecular complexity index is 312. The van der Waals surface area contributed by atoms with Crippen LogP contribution in [0.1, 0.15) is 11.1 Å². The Morgan fingerprint density at radius 1 is 1.42 bits per heavy atom. The van der Waals surface area contributed by atoms with Gasteiger partial charge in [0.25, 0.3) is 0 Å². The molecule has 1 aromatic rings. The molecule has 0 radical (unpaired) electrons. The number of halogens is 1. The molecule has 0 aromatic heterocycles. The lowest BCUT2D eigenvalue weighted by molar-refractivity contribution is 0.410. The van der Waals surface area contributed by atoms with Crippen LogP contribution in [0, 0.1) is 0 Å². The van der Waals surface area contributed by atoms with Gasteiger partial charge >= 0.3 is 0 Å². The molecule has 0 saturated heterocycles. The minimum atomic E-state index is 0.694. The molecule has 0 unspecified atom stereocenters. The Hall–Kier alpha value is -0.730. The van der Waals surface area contributed by atoms with Gasteiger partial charge in [-0.05, 0) is 11.6 Å². The summed E-state index contributed by atoms with van der Waals surface area (Å²) in [5.74, 6) is 0.819. The molecular formula is C9H10ClNO. The van der Waals surface area contributed by atoms with E-state index in [0.29, 0.717) is 5.02 Å². The van der Waals surface area contributed by atoms with Crippen molar-refractivity contribution in [3.05, 3.63) is 28.3 Å². The van der Waals surface area contributed by atoms with E-state index < -0.39 is 0 Å². The van der Waals surface area contributed by atoms with Crippen molar-refractivity contribution < 1.29 is 4.74 Å². The summed E-state index contributed by atoms with van der Waals surface area (Å²) in [4.78, 5) is 0. The van der Waals surface area contributed by atoms with Crippen molar-refractivity contribution in [2.24, 2.45) is 0 Å². The summed E-state index contributed by atoms with van der Waals surface area (Å²) in [6.45, 7) is 1.78. The van der Waals surface area contributed by atoms with Crippen LogP contribution in [0.15, 0.2) is 12.1 Å². The second-order valence-corrected chi connectivity index (χ2v) is 3.23. The molecule has 64 valence electrons. The van der Waals surface area contributed by atoms with Crippen LogP contribution in [-0.4, -0.2) is 7.11 Å². The number of benzene rings is 1. The van der Waals surface area contributed by atoms with E-state index in [2.05, 4.69) is 5.32 Å². The fraction of sp³-hybridized carbons (Fsp3) is 0.333. The summed E-state index contributed by atoms with van der Waals surface area (Å²) in [6.07, 6.45) is 0. The van der Waals surface area contributed by atoms with E-state index in [4.69, 9.17) is 16.3 Å².